The number of carbonyl (C=O) groups is 1. The second kappa shape index (κ2) is 3.73. The molecule has 2 rings (SSSR count). The highest BCUT2D eigenvalue weighted by atomic mass is 35.5. The number of fused-ring (bicyclic) bond motifs is 1. The Balaban J connectivity index is 2.65. The molecule has 0 aromatic heterocycles. The van der Waals surface area contributed by atoms with E-state index in [4.69, 9.17) is 11.6 Å². The van der Waals surface area contributed by atoms with Crippen LogP contribution in [-0.4, -0.2) is 21.5 Å². The van der Waals surface area contributed by atoms with Crippen LogP contribution in [0.5, 0.6) is 0 Å². The number of sulfonamides is 1. The lowest BCUT2D eigenvalue weighted by atomic mass is 10.1. The van der Waals surface area contributed by atoms with Crippen LogP contribution in [0.25, 0.3) is 0 Å². The summed E-state index contributed by atoms with van der Waals surface area (Å²) >= 11 is 5.85. The number of rotatable bonds is 1. The summed E-state index contributed by atoms with van der Waals surface area (Å²) in [5.74, 6) is -0.658. The van der Waals surface area contributed by atoms with Crippen molar-refractivity contribution in [2.45, 2.75) is 11.4 Å². The Morgan fingerprint density at radius 3 is 2.81 bits per heavy atom. The lowest BCUT2D eigenvalue weighted by Gasteiger charge is -2.04. The third-order valence-corrected chi connectivity index (χ3v) is 4.09. The molecule has 0 atom stereocenters. The molecule has 1 aliphatic rings. The molecule has 0 radical (unpaired) electrons. The Morgan fingerprint density at radius 1 is 1.50 bits per heavy atom. The second-order valence-electron chi connectivity index (χ2n) is 3.26. The van der Waals surface area contributed by atoms with Crippen molar-refractivity contribution in [1.82, 2.24) is 4.72 Å². The maximum atomic E-state index is 11.5. The molecule has 16 heavy (non-hydrogen) atoms. The normalized spacial score (nSPS) is 16.9. The Hall–Kier alpha value is -1.11. The first-order chi connectivity index (χ1) is 7.45. The van der Waals surface area contributed by atoms with Crippen LogP contribution < -0.4 is 4.72 Å². The molecule has 1 N–H and O–H groups in total. The molecular weight excluding hydrogens is 254 g/mol. The summed E-state index contributed by atoms with van der Waals surface area (Å²) in [5, 5.41) is 0.185. The molecule has 5 nitrogen and oxygen atoms in total. The van der Waals surface area contributed by atoms with Gasteiger partial charge in [-0.15, -0.1) is 0 Å². The summed E-state index contributed by atoms with van der Waals surface area (Å²) in [7, 11) is -2.30. The average molecular weight is 262 g/mol. The number of nitrogens with one attached hydrogen (secondary N) is 1. The fourth-order valence-corrected chi connectivity index (χ4v) is 3.01. The summed E-state index contributed by atoms with van der Waals surface area (Å²) < 4.78 is 29.9. The smallest absolute Gasteiger partial charge is 0.339 e. The first-order valence-corrected chi connectivity index (χ1v) is 6.22. The van der Waals surface area contributed by atoms with E-state index in [1.807, 2.05) is 0 Å². The lowest BCUT2D eigenvalue weighted by molar-refractivity contribution is 0.0600. The molecule has 0 saturated carbocycles. The first kappa shape index (κ1) is 11.4. The van der Waals surface area contributed by atoms with Gasteiger partial charge in [-0.1, -0.05) is 11.6 Å². The molecule has 1 aromatic rings. The fraction of sp³-hybridized carbons (Fsp3) is 0.222. The molecule has 86 valence electrons. The zero-order valence-electron chi connectivity index (χ0n) is 8.28. The molecule has 0 aliphatic carbocycles. The van der Waals surface area contributed by atoms with Gasteiger partial charge in [-0.25, -0.2) is 17.9 Å². The molecule has 1 aromatic carbocycles. The molecule has 7 heteroatoms. The predicted octanol–water partition coefficient (Wildman–Crippen LogP) is 0.918. The largest absolute Gasteiger partial charge is 0.465 e. The van der Waals surface area contributed by atoms with Crippen LogP contribution in [-0.2, 0) is 21.3 Å². The van der Waals surface area contributed by atoms with E-state index in [9.17, 15) is 13.2 Å². The van der Waals surface area contributed by atoms with Gasteiger partial charge in [-0.3, -0.25) is 0 Å². The first-order valence-electron chi connectivity index (χ1n) is 4.36. The topological polar surface area (TPSA) is 72.5 Å². The van der Waals surface area contributed by atoms with Crippen molar-refractivity contribution in [2.75, 3.05) is 7.11 Å². The van der Waals surface area contributed by atoms with E-state index in [-0.39, 0.29) is 22.0 Å². The third kappa shape index (κ3) is 1.68. The summed E-state index contributed by atoms with van der Waals surface area (Å²) in [4.78, 5) is 11.4. The van der Waals surface area contributed by atoms with Crippen LogP contribution in [0.4, 0.5) is 0 Å². The molecule has 0 unspecified atom stereocenters. The van der Waals surface area contributed by atoms with Gasteiger partial charge in [0.2, 0.25) is 10.0 Å². The van der Waals surface area contributed by atoms with Crippen molar-refractivity contribution in [3.63, 3.8) is 0 Å². The summed E-state index contributed by atoms with van der Waals surface area (Å²) in [6.07, 6.45) is 0. The Morgan fingerprint density at radius 2 is 2.19 bits per heavy atom. The summed E-state index contributed by atoms with van der Waals surface area (Å²) in [6, 6.07) is 2.69. The number of methoxy groups -OCH3 is 1. The maximum absolute atomic E-state index is 11.5. The Bertz CT molecular complexity index is 567. The SMILES string of the molecule is COC(=O)c1cc2c(cc1Cl)CNS2(=O)=O. The lowest BCUT2D eigenvalue weighted by Crippen LogP contribution is -2.14. The van der Waals surface area contributed by atoms with Gasteiger partial charge < -0.3 is 4.74 Å². The van der Waals surface area contributed by atoms with E-state index >= 15 is 0 Å². The van der Waals surface area contributed by atoms with Gasteiger partial charge >= 0.3 is 5.97 Å². The fourth-order valence-electron chi connectivity index (χ4n) is 1.50. The van der Waals surface area contributed by atoms with Gasteiger partial charge in [0.15, 0.2) is 0 Å². The highest BCUT2D eigenvalue weighted by molar-refractivity contribution is 7.89. The number of carbonyl (C=O) groups excluding carboxylic acids is 1. The molecule has 0 bridgehead atoms. The van der Waals surface area contributed by atoms with Crippen molar-refractivity contribution < 1.29 is 17.9 Å². The van der Waals surface area contributed by atoms with Crippen molar-refractivity contribution in [3.05, 3.63) is 28.3 Å². The van der Waals surface area contributed by atoms with E-state index < -0.39 is 16.0 Å². The van der Waals surface area contributed by atoms with Gasteiger partial charge in [0.25, 0.3) is 0 Å². The van der Waals surface area contributed by atoms with E-state index in [2.05, 4.69) is 9.46 Å². The van der Waals surface area contributed by atoms with E-state index in [1.54, 1.807) is 0 Å². The molecule has 1 heterocycles. The summed E-state index contributed by atoms with van der Waals surface area (Å²) in [5.41, 5.74) is 0.604. The van der Waals surface area contributed by atoms with Crippen LogP contribution >= 0.6 is 11.6 Å². The number of halogens is 1. The zero-order valence-corrected chi connectivity index (χ0v) is 9.85. The van der Waals surface area contributed by atoms with Gasteiger partial charge in [0, 0.05) is 6.54 Å². The number of hydrogen-bond acceptors (Lipinski definition) is 4. The standard InChI is InChI=1S/C9H8ClNO4S/c1-15-9(12)6-3-8-5(2-7(6)10)4-11-16(8,13)14/h2-3,11H,4H2,1H3. The van der Waals surface area contributed by atoms with Gasteiger partial charge in [-0.2, -0.15) is 0 Å². The highest BCUT2D eigenvalue weighted by Gasteiger charge is 2.28. The number of benzene rings is 1. The number of esters is 1. The predicted molar refractivity (Wildman–Crippen MR) is 56.8 cm³/mol. The van der Waals surface area contributed by atoms with E-state index in [0.29, 0.717) is 5.56 Å². The molecular formula is C9H8ClNO4S. The monoisotopic (exact) mass is 261 g/mol. The third-order valence-electron chi connectivity index (χ3n) is 2.30. The minimum atomic E-state index is -3.50. The minimum Gasteiger partial charge on any atom is -0.465 e. The average Bonchev–Trinajstić information content (AvgIpc) is 2.52. The minimum absolute atomic E-state index is 0.0511. The van der Waals surface area contributed by atoms with Gasteiger partial charge in [0.05, 0.1) is 22.6 Å². The zero-order chi connectivity index (χ0) is 11.9. The number of ether oxygens (including phenoxy) is 1. The van der Waals surface area contributed by atoms with Crippen molar-refractivity contribution >= 4 is 27.6 Å². The molecule has 0 saturated heterocycles. The van der Waals surface area contributed by atoms with Crippen molar-refractivity contribution in [3.8, 4) is 0 Å². The van der Waals surface area contributed by atoms with Crippen LogP contribution in [0.2, 0.25) is 5.02 Å². The second-order valence-corrected chi connectivity index (χ2v) is 5.40. The Kier molecular flexibility index (Phi) is 2.65. The quantitative estimate of drug-likeness (QED) is 0.763. The molecule has 0 spiro atoms. The van der Waals surface area contributed by atoms with Gasteiger partial charge in [0.1, 0.15) is 0 Å². The van der Waals surface area contributed by atoms with Crippen LogP contribution in [0.1, 0.15) is 15.9 Å². The maximum Gasteiger partial charge on any atom is 0.339 e. The summed E-state index contributed by atoms with van der Waals surface area (Å²) in [6.45, 7) is 0.193. The Labute approximate surface area is 97.4 Å². The van der Waals surface area contributed by atoms with Crippen molar-refractivity contribution in [1.29, 1.82) is 0 Å². The van der Waals surface area contributed by atoms with E-state index in [0.717, 1.165) is 0 Å². The van der Waals surface area contributed by atoms with Gasteiger partial charge in [-0.05, 0) is 17.7 Å². The molecule has 0 amide bonds. The molecule has 1 aliphatic heterocycles. The highest BCUT2D eigenvalue weighted by Crippen LogP contribution is 2.29. The van der Waals surface area contributed by atoms with Crippen molar-refractivity contribution in [2.24, 2.45) is 0 Å². The van der Waals surface area contributed by atoms with Crippen LogP contribution in [0.15, 0.2) is 17.0 Å². The number of hydrogen-bond donors (Lipinski definition) is 1. The molecule has 0 fully saturated rings. The van der Waals surface area contributed by atoms with E-state index in [1.165, 1.54) is 19.2 Å². The van der Waals surface area contributed by atoms with Crippen LogP contribution in [0, 0.1) is 0 Å². The van der Waals surface area contributed by atoms with Crippen LogP contribution in [0.3, 0.4) is 0 Å².